The lowest BCUT2D eigenvalue weighted by atomic mass is 10.1. The van der Waals surface area contributed by atoms with Crippen molar-refractivity contribution in [2.45, 2.75) is 39.2 Å². The normalized spacial score (nSPS) is 16.9. The maximum atomic E-state index is 6.18. The van der Waals surface area contributed by atoms with Gasteiger partial charge in [-0.15, -0.1) is 0 Å². The van der Waals surface area contributed by atoms with Crippen LogP contribution in [0, 0.1) is 6.92 Å². The molecule has 0 aliphatic carbocycles. The molecule has 100 valence electrons. The predicted octanol–water partition coefficient (Wildman–Crippen LogP) is 2.62. The van der Waals surface area contributed by atoms with E-state index in [0.29, 0.717) is 11.2 Å². The van der Waals surface area contributed by atoms with Gasteiger partial charge in [-0.05, 0) is 19.8 Å². The number of nitrogens with zero attached hydrogens (tertiary/aromatic N) is 3. The first kappa shape index (κ1) is 13.6. The zero-order valence-electron chi connectivity index (χ0n) is 11.2. The molecule has 0 bridgehead atoms. The summed E-state index contributed by atoms with van der Waals surface area (Å²) in [6.07, 6.45) is 2.88. The summed E-state index contributed by atoms with van der Waals surface area (Å²) >= 11 is 6.18. The molecule has 1 aromatic heterocycles. The molecule has 0 atom stereocenters. The number of ether oxygens (including phenoxy) is 1. The highest BCUT2D eigenvalue weighted by Crippen LogP contribution is 2.26. The van der Waals surface area contributed by atoms with Crippen molar-refractivity contribution < 1.29 is 4.74 Å². The Morgan fingerprint density at radius 2 is 2.00 bits per heavy atom. The smallest absolute Gasteiger partial charge is 0.137 e. The Bertz CT molecular complexity index is 419. The van der Waals surface area contributed by atoms with Gasteiger partial charge in [0.15, 0.2) is 0 Å². The van der Waals surface area contributed by atoms with Crippen LogP contribution in [0.2, 0.25) is 5.15 Å². The summed E-state index contributed by atoms with van der Waals surface area (Å²) in [5, 5.41) is 0.566. The van der Waals surface area contributed by atoms with Crippen LogP contribution in [0.4, 0.5) is 5.82 Å². The molecule has 2 rings (SSSR count). The predicted molar refractivity (Wildman–Crippen MR) is 73.4 cm³/mol. The summed E-state index contributed by atoms with van der Waals surface area (Å²) in [6.45, 7) is 5.67. The Balaban J connectivity index is 2.27. The van der Waals surface area contributed by atoms with E-state index in [0.717, 1.165) is 49.7 Å². The molecule has 1 aliphatic rings. The summed E-state index contributed by atoms with van der Waals surface area (Å²) in [7, 11) is 2.08. The van der Waals surface area contributed by atoms with E-state index >= 15 is 0 Å². The van der Waals surface area contributed by atoms with E-state index in [4.69, 9.17) is 16.3 Å². The molecule has 1 saturated heterocycles. The van der Waals surface area contributed by atoms with E-state index in [2.05, 4.69) is 21.9 Å². The number of halogens is 1. The van der Waals surface area contributed by atoms with E-state index in [1.807, 2.05) is 13.8 Å². The second-order valence-corrected chi connectivity index (χ2v) is 5.05. The molecule has 0 amide bonds. The highest BCUT2D eigenvalue weighted by molar-refractivity contribution is 6.30. The van der Waals surface area contributed by atoms with Crippen LogP contribution in [-0.2, 0) is 11.2 Å². The Kier molecular flexibility index (Phi) is 4.40. The molecule has 2 heterocycles. The summed E-state index contributed by atoms with van der Waals surface area (Å²) in [5.41, 5.74) is 0.961. The largest absolute Gasteiger partial charge is 0.381 e. The first-order valence-corrected chi connectivity index (χ1v) is 6.84. The second-order valence-electron chi connectivity index (χ2n) is 4.69. The van der Waals surface area contributed by atoms with Crippen LogP contribution in [0.15, 0.2) is 0 Å². The zero-order valence-corrected chi connectivity index (χ0v) is 12.0. The Morgan fingerprint density at radius 3 is 2.61 bits per heavy atom. The van der Waals surface area contributed by atoms with Crippen molar-refractivity contribution in [3.63, 3.8) is 0 Å². The number of aromatic nitrogens is 2. The molecule has 5 heteroatoms. The molecule has 0 N–H and O–H groups in total. The van der Waals surface area contributed by atoms with Crippen molar-refractivity contribution in [1.82, 2.24) is 9.97 Å². The van der Waals surface area contributed by atoms with Gasteiger partial charge in [0.05, 0.1) is 0 Å². The van der Waals surface area contributed by atoms with Crippen LogP contribution >= 0.6 is 11.6 Å². The Morgan fingerprint density at radius 1 is 1.33 bits per heavy atom. The fourth-order valence-electron chi connectivity index (χ4n) is 2.27. The molecule has 0 aromatic carbocycles. The molecule has 1 aromatic rings. The third-order valence-corrected chi connectivity index (χ3v) is 3.86. The minimum atomic E-state index is 0.480. The third kappa shape index (κ3) is 2.75. The summed E-state index contributed by atoms with van der Waals surface area (Å²) < 4.78 is 5.40. The van der Waals surface area contributed by atoms with Crippen LogP contribution in [0.25, 0.3) is 0 Å². The number of aryl methyl sites for hydroxylation is 1. The molecule has 0 radical (unpaired) electrons. The standard InChI is InChI=1S/C13H20ClN3O/c1-4-11-15-12(14)9(2)13(16-11)17(3)10-5-7-18-8-6-10/h10H,4-8H2,1-3H3. The maximum absolute atomic E-state index is 6.18. The minimum absolute atomic E-state index is 0.480. The topological polar surface area (TPSA) is 38.2 Å². The fourth-order valence-corrected chi connectivity index (χ4v) is 2.45. The van der Waals surface area contributed by atoms with Crippen molar-refractivity contribution >= 4 is 17.4 Å². The van der Waals surface area contributed by atoms with Gasteiger partial charge < -0.3 is 9.64 Å². The van der Waals surface area contributed by atoms with Crippen LogP contribution < -0.4 is 4.90 Å². The zero-order chi connectivity index (χ0) is 13.1. The van der Waals surface area contributed by atoms with E-state index in [1.54, 1.807) is 0 Å². The monoisotopic (exact) mass is 269 g/mol. The van der Waals surface area contributed by atoms with Crippen molar-refractivity contribution in [2.24, 2.45) is 0 Å². The summed E-state index contributed by atoms with van der Waals surface area (Å²) in [4.78, 5) is 11.1. The first-order chi connectivity index (χ1) is 8.63. The van der Waals surface area contributed by atoms with Crippen molar-refractivity contribution in [2.75, 3.05) is 25.2 Å². The molecule has 18 heavy (non-hydrogen) atoms. The lowest BCUT2D eigenvalue weighted by Crippen LogP contribution is -2.37. The Labute approximate surface area is 113 Å². The van der Waals surface area contributed by atoms with E-state index < -0.39 is 0 Å². The molecule has 4 nitrogen and oxygen atoms in total. The third-order valence-electron chi connectivity index (χ3n) is 3.50. The van der Waals surface area contributed by atoms with Gasteiger partial charge in [-0.2, -0.15) is 0 Å². The average Bonchev–Trinajstić information content (AvgIpc) is 2.42. The van der Waals surface area contributed by atoms with E-state index in [1.165, 1.54) is 0 Å². The molecule has 0 unspecified atom stereocenters. The number of hydrogen-bond donors (Lipinski definition) is 0. The van der Waals surface area contributed by atoms with Gasteiger partial charge in [0.2, 0.25) is 0 Å². The van der Waals surface area contributed by atoms with Crippen LogP contribution in [0.3, 0.4) is 0 Å². The molecule has 0 spiro atoms. The van der Waals surface area contributed by atoms with Crippen molar-refractivity contribution in [3.05, 3.63) is 16.5 Å². The van der Waals surface area contributed by atoms with E-state index in [-0.39, 0.29) is 0 Å². The average molecular weight is 270 g/mol. The van der Waals surface area contributed by atoms with Gasteiger partial charge in [-0.3, -0.25) is 0 Å². The van der Waals surface area contributed by atoms with Gasteiger partial charge in [-0.1, -0.05) is 18.5 Å². The number of anilines is 1. The lowest BCUT2D eigenvalue weighted by Gasteiger charge is -2.33. The van der Waals surface area contributed by atoms with E-state index in [9.17, 15) is 0 Å². The summed E-state index contributed by atoms with van der Waals surface area (Å²) in [5.74, 6) is 1.76. The van der Waals surface area contributed by atoms with Gasteiger partial charge in [0.25, 0.3) is 0 Å². The van der Waals surface area contributed by atoms with Crippen molar-refractivity contribution in [3.8, 4) is 0 Å². The molecular formula is C13H20ClN3O. The van der Waals surface area contributed by atoms with Gasteiger partial charge in [0.1, 0.15) is 16.8 Å². The number of rotatable bonds is 3. The van der Waals surface area contributed by atoms with Crippen LogP contribution in [0.1, 0.15) is 31.2 Å². The lowest BCUT2D eigenvalue weighted by molar-refractivity contribution is 0.0853. The highest BCUT2D eigenvalue weighted by Gasteiger charge is 2.22. The highest BCUT2D eigenvalue weighted by atomic mass is 35.5. The van der Waals surface area contributed by atoms with Gasteiger partial charge in [0, 0.05) is 38.3 Å². The molecular weight excluding hydrogens is 250 g/mol. The van der Waals surface area contributed by atoms with Crippen LogP contribution in [-0.4, -0.2) is 36.3 Å². The summed E-state index contributed by atoms with van der Waals surface area (Å²) in [6, 6.07) is 0.480. The molecule has 1 fully saturated rings. The molecule has 0 saturated carbocycles. The second kappa shape index (κ2) is 5.85. The number of hydrogen-bond acceptors (Lipinski definition) is 4. The van der Waals surface area contributed by atoms with Crippen LogP contribution in [0.5, 0.6) is 0 Å². The molecule has 1 aliphatic heterocycles. The maximum Gasteiger partial charge on any atom is 0.137 e. The first-order valence-electron chi connectivity index (χ1n) is 6.47. The van der Waals surface area contributed by atoms with Gasteiger partial charge in [-0.25, -0.2) is 9.97 Å². The fraction of sp³-hybridized carbons (Fsp3) is 0.692. The SMILES string of the molecule is CCc1nc(Cl)c(C)c(N(C)C2CCOCC2)n1. The van der Waals surface area contributed by atoms with Crippen molar-refractivity contribution in [1.29, 1.82) is 0 Å². The Hall–Kier alpha value is -0.870. The quantitative estimate of drug-likeness (QED) is 0.791. The minimum Gasteiger partial charge on any atom is -0.381 e. The van der Waals surface area contributed by atoms with Gasteiger partial charge >= 0.3 is 0 Å².